The third-order valence-electron chi connectivity index (χ3n) is 3.98. The first-order valence-corrected chi connectivity index (χ1v) is 7.81. The molecule has 0 saturated carbocycles. The molecule has 0 saturated heterocycles. The molecule has 0 fully saturated rings. The van der Waals surface area contributed by atoms with E-state index in [1.165, 1.54) is 6.92 Å². The van der Waals surface area contributed by atoms with Gasteiger partial charge in [-0.05, 0) is 26.8 Å². The topological polar surface area (TPSA) is 111 Å². The Morgan fingerprint density at radius 3 is 2.52 bits per heavy atom. The lowest BCUT2D eigenvalue weighted by Gasteiger charge is -2.11. The number of primary amides is 1. The van der Waals surface area contributed by atoms with Gasteiger partial charge in [-0.2, -0.15) is 0 Å². The van der Waals surface area contributed by atoms with Gasteiger partial charge in [-0.15, -0.1) is 0 Å². The van der Waals surface area contributed by atoms with Crippen LogP contribution in [0.2, 0.25) is 0 Å². The fourth-order valence-corrected chi connectivity index (χ4v) is 2.49. The monoisotopic (exact) mass is 338 g/mol. The van der Waals surface area contributed by atoms with Gasteiger partial charge >= 0.3 is 0 Å². The van der Waals surface area contributed by atoms with Gasteiger partial charge in [0, 0.05) is 5.56 Å². The van der Waals surface area contributed by atoms with Crippen molar-refractivity contribution in [3.8, 4) is 11.3 Å². The van der Waals surface area contributed by atoms with Crippen molar-refractivity contribution in [2.45, 2.75) is 26.8 Å². The second-order valence-corrected chi connectivity index (χ2v) is 5.97. The third-order valence-corrected chi connectivity index (χ3v) is 3.98. The quantitative estimate of drug-likeness (QED) is 0.757. The molecule has 2 heterocycles. The number of fused-ring (bicyclic) bond motifs is 1. The average Bonchev–Trinajstić information content (AvgIpc) is 2.95. The Balaban J connectivity index is 2.12. The summed E-state index contributed by atoms with van der Waals surface area (Å²) in [6, 6.07) is 8.63. The number of rotatable bonds is 4. The number of aryl methyl sites for hydroxylation is 2. The summed E-state index contributed by atoms with van der Waals surface area (Å²) in [5.41, 5.74) is 8.93. The smallest absolute Gasteiger partial charge is 0.259 e. The zero-order chi connectivity index (χ0) is 18.1. The molecular weight excluding hydrogens is 320 g/mol. The number of nitrogens with zero attached hydrogens (tertiary/aromatic N) is 2. The molecule has 1 unspecified atom stereocenters. The van der Waals surface area contributed by atoms with Crippen molar-refractivity contribution >= 4 is 22.9 Å². The van der Waals surface area contributed by atoms with Gasteiger partial charge in [-0.25, -0.2) is 4.98 Å². The highest BCUT2D eigenvalue weighted by Gasteiger charge is 2.21. The summed E-state index contributed by atoms with van der Waals surface area (Å²) < 4.78 is 5.25. The molecule has 3 rings (SSSR count). The van der Waals surface area contributed by atoms with Crippen molar-refractivity contribution in [1.82, 2.24) is 15.5 Å². The fraction of sp³-hybridized carbons (Fsp3) is 0.222. The fourth-order valence-electron chi connectivity index (χ4n) is 2.49. The lowest BCUT2D eigenvalue weighted by molar-refractivity contribution is -0.119. The minimum Gasteiger partial charge on any atom is -0.368 e. The van der Waals surface area contributed by atoms with E-state index in [0.717, 1.165) is 11.1 Å². The van der Waals surface area contributed by atoms with Crippen LogP contribution < -0.4 is 11.1 Å². The molecule has 3 aromatic rings. The third kappa shape index (κ3) is 3.21. The van der Waals surface area contributed by atoms with E-state index in [0.29, 0.717) is 22.3 Å². The number of nitrogens with one attached hydrogen (secondary N) is 1. The van der Waals surface area contributed by atoms with Crippen LogP contribution in [-0.4, -0.2) is 28.0 Å². The Morgan fingerprint density at radius 2 is 1.88 bits per heavy atom. The van der Waals surface area contributed by atoms with Gasteiger partial charge in [-0.3, -0.25) is 9.59 Å². The van der Waals surface area contributed by atoms with Gasteiger partial charge in [0.15, 0.2) is 0 Å². The van der Waals surface area contributed by atoms with Crippen molar-refractivity contribution in [1.29, 1.82) is 0 Å². The van der Waals surface area contributed by atoms with E-state index in [1.807, 2.05) is 31.2 Å². The van der Waals surface area contributed by atoms with Crippen LogP contribution in [0.4, 0.5) is 0 Å². The molecule has 2 aromatic heterocycles. The number of carbonyl (C=O) groups is 2. The molecule has 25 heavy (non-hydrogen) atoms. The van der Waals surface area contributed by atoms with E-state index in [1.54, 1.807) is 13.0 Å². The van der Waals surface area contributed by atoms with E-state index >= 15 is 0 Å². The number of pyridine rings is 1. The largest absolute Gasteiger partial charge is 0.368 e. The van der Waals surface area contributed by atoms with Gasteiger partial charge in [0.25, 0.3) is 11.6 Å². The molecule has 0 radical (unpaired) electrons. The van der Waals surface area contributed by atoms with Crippen LogP contribution in [0, 0.1) is 13.8 Å². The molecule has 0 spiro atoms. The highest BCUT2D eigenvalue weighted by molar-refractivity contribution is 6.08. The maximum absolute atomic E-state index is 12.6. The Hall–Kier alpha value is -3.22. The highest BCUT2D eigenvalue weighted by atomic mass is 16.5. The van der Waals surface area contributed by atoms with Gasteiger partial charge in [0.2, 0.25) is 5.91 Å². The molecule has 7 heteroatoms. The molecule has 0 bridgehead atoms. The Kier molecular flexibility index (Phi) is 4.22. The molecule has 128 valence electrons. The Bertz CT molecular complexity index is 960. The van der Waals surface area contributed by atoms with Crippen LogP contribution >= 0.6 is 0 Å². The van der Waals surface area contributed by atoms with Crippen molar-refractivity contribution in [3.05, 3.63) is 47.2 Å². The molecule has 0 aliphatic heterocycles. The number of benzene rings is 1. The molecule has 7 nitrogen and oxygen atoms in total. The predicted octanol–water partition coefficient (Wildman–Crippen LogP) is 2.11. The van der Waals surface area contributed by atoms with Gasteiger partial charge < -0.3 is 15.6 Å². The molecular formula is C18H18N4O3. The van der Waals surface area contributed by atoms with E-state index in [2.05, 4.69) is 15.5 Å². The SMILES string of the molecule is Cc1ccc(-c2cc(C(=O)NC(C)C(N)=O)c3c(C)noc3n2)cc1. The lowest BCUT2D eigenvalue weighted by Crippen LogP contribution is -2.42. The van der Waals surface area contributed by atoms with E-state index in [9.17, 15) is 9.59 Å². The standard InChI is InChI=1S/C18H18N4O3/c1-9-4-6-12(7-5-9)14-8-13(17(24)20-11(3)16(19)23)15-10(2)22-25-18(15)21-14/h4-8,11H,1-3H3,(H2,19,23)(H,20,24). The summed E-state index contributed by atoms with van der Waals surface area (Å²) in [7, 11) is 0. The zero-order valence-corrected chi connectivity index (χ0v) is 14.2. The summed E-state index contributed by atoms with van der Waals surface area (Å²) in [6.45, 7) is 5.25. The van der Waals surface area contributed by atoms with Crippen molar-refractivity contribution < 1.29 is 14.1 Å². The summed E-state index contributed by atoms with van der Waals surface area (Å²) in [5, 5.41) is 6.99. The first-order chi connectivity index (χ1) is 11.9. The zero-order valence-electron chi connectivity index (χ0n) is 14.2. The van der Waals surface area contributed by atoms with Crippen LogP contribution in [-0.2, 0) is 4.79 Å². The van der Waals surface area contributed by atoms with Crippen molar-refractivity contribution in [2.24, 2.45) is 5.73 Å². The number of hydrogen-bond acceptors (Lipinski definition) is 5. The van der Waals surface area contributed by atoms with Crippen molar-refractivity contribution in [3.63, 3.8) is 0 Å². The predicted molar refractivity (Wildman–Crippen MR) is 92.8 cm³/mol. The van der Waals surface area contributed by atoms with Crippen LogP contribution in [0.3, 0.4) is 0 Å². The number of amides is 2. The van der Waals surface area contributed by atoms with Gasteiger partial charge in [-0.1, -0.05) is 35.0 Å². The lowest BCUT2D eigenvalue weighted by atomic mass is 10.0. The summed E-state index contributed by atoms with van der Waals surface area (Å²) >= 11 is 0. The van der Waals surface area contributed by atoms with E-state index in [4.69, 9.17) is 10.3 Å². The summed E-state index contributed by atoms with van der Waals surface area (Å²) in [6.07, 6.45) is 0. The highest BCUT2D eigenvalue weighted by Crippen LogP contribution is 2.27. The van der Waals surface area contributed by atoms with Crippen LogP contribution in [0.15, 0.2) is 34.9 Å². The number of hydrogen-bond donors (Lipinski definition) is 2. The van der Waals surface area contributed by atoms with Gasteiger partial charge in [0.05, 0.1) is 22.3 Å². The molecule has 1 atom stereocenters. The molecule has 3 N–H and O–H groups in total. The number of carbonyl (C=O) groups excluding carboxylic acids is 2. The summed E-state index contributed by atoms with van der Waals surface area (Å²) in [4.78, 5) is 28.3. The maximum atomic E-state index is 12.6. The Morgan fingerprint density at radius 1 is 1.20 bits per heavy atom. The van der Waals surface area contributed by atoms with Crippen LogP contribution in [0.25, 0.3) is 22.4 Å². The molecule has 2 amide bonds. The van der Waals surface area contributed by atoms with Crippen LogP contribution in [0.1, 0.15) is 28.5 Å². The maximum Gasteiger partial charge on any atom is 0.259 e. The normalized spacial score (nSPS) is 12.1. The minimum absolute atomic E-state index is 0.271. The second-order valence-electron chi connectivity index (χ2n) is 5.97. The van der Waals surface area contributed by atoms with E-state index < -0.39 is 17.9 Å². The molecule has 0 aliphatic carbocycles. The number of nitrogens with two attached hydrogens (primary N) is 1. The van der Waals surface area contributed by atoms with Gasteiger partial charge in [0.1, 0.15) is 6.04 Å². The number of aromatic nitrogens is 2. The second kappa shape index (κ2) is 6.35. The average molecular weight is 338 g/mol. The minimum atomic E-state index is -0.793. The molecule has 0 aliphatic rings. The Labute approximate surface area is 144 Å². The van der Waals surface area contributed by atoms with Crippen molar-refractivity contribution in [2.75, 3.05) is 0 Å². The summed E-state index contributed by atoms with van der Waals surface area (Å²) in [5.74, 6) is -1.04. The first-order valence-electron chi connectivity index (χ1n) is 7.81. The van der Waals surface area contributed by atoms with Crippen LogP contribution in [0.5, 0.6) is 0 Å². The first kappa shape index (κ1) is 16.6. The van der Waals surface area contributed by atoms with E-state index in [-0.39, 0.29) is 5.71 Å². The molecule has 1 aromatic carbocycles.